The van der Waals surface area contributed by atoms with E-state index in [0.29, 0.717) is 42.4 Å². The number of hydrogen-bond acceptors (Lipinski definition) is 3. The highest BCUT2D eigenvalue weighted by molar-refractivity contribution is 5.34. The number of para-hydroxylation sites is 1. The molecule has 3 nitrogen and oxygen atoms in total. The minimum Gasteiger partial charge on any atom is -0.494 e. The molecule has 0 amide bonds. The number of alkyl halides is 3. The van der Waals surface area contributed by atoms with Crippen LogP contribution in [-0.2, 0) is 6.42 Å². The van der Waals surface area contributed by atoms with Crippen molar-refractivity contribution in [2.24, 2.45) is 0 Å². The average Bonchev–Trinajstić information content (AvgIpc) is 2.73. The molecule has 1 aromatic heterocycles. The number of rotatable bonds is 9. The number of aryl methyl sites for hydroxylation is 1. The molecule has 1 unspecified atom stereocenters. The van der Waals surface area contributed by atoms with Crippen LogP contribution in [0, 0.1) is 0 Å². The van der Waals surface area contributed by atoms with E-state index in [9.17, 15) is 13.2 Å². The van der Waals surface area contributed by atoms with Crippen molar-refractivity contribution in [1.29, 1.82) is 0 Å². The molecule has 0 aliphatic heterocycles. The summed E-state index contributed by atoms with van der Waals surface area (Å²) in [4.78, 5) is 4.32. The van der Waals surface area contributed by atoms with Crippen molar-refractivity contribution in [1.82, 2.24) is 4.98 Å². The Hall–Kier alpha value is -3.02. The number of benzene rings is 2. The van der Waals surface area contributed by atoms with E-state index in [0.717, 1.165) is 0 Å². The van der Waals surface area contributed by atoms with Gasteiger partial charge in [0.15, 0.2) is 0 Å². The van der Waals surface area contributed by atoms with Crippen LogP contribution in [0.5, 0.6) is 17.2 Å². The van der Waals surface area contributed by atoms with Crippen LogP contribution < -0.4 is 9.47 Å². The van der Waals surface area contributed by atoms with Crippen LogP contribution in [0.15, 0.2) is 72.9 Å². The first-order chi connectivity index (χ1) is 14.5. The zero-order chi connectivity index (χ0) is 21.4. The molecule has 3 rings (SSSR count). The van der Waals surface area contributed by atoms with E-state index in [2.05, 4.69) is 4.98 Å². The summed E-state index contributed by atoms with van der Waals surface area (Å²) < 4.78 is 52.2. The van der Waals surface area contributed by atoms with Gasteiger partial charge in [-0.1, -0.05) is 30.3 Å². The van der Waals surface area contributed by atoms with Crippen molar-refractivity contribution in [3.05, 3.63) is 84.2 Å². The Morgan fingerprint density at radius 1 is 0.900 bits per heavy atom. The van der Waals surface area contributed by atoms with E-state index in [-0.39, 0.29) is 12.0 Å². The van der Waals surface area contributed by atoms with Gasteiger partial charge < -0.3 is 9.47 Å². The van der Waals surface area contributed by atoms with Gasteiger partial charge in [0.25, 0.3) is 0 Å². The smallest absolute Gasteiger partial charge is 0.395 e. The first-order valence-electron chi connectivity index (χ1n) is 9.93. The quantitative estimate of drug-likeness (QED) is 0.379. The Balaban J connectivity index is 1.67. The van der Waals surface area contributed by atoms with Gasteiger partial charge in [0.1, 0.15) is 17.2 Å². The van der Waals surface area contributed by atoms with Crippen molar-refractivity contribution >= 4 is 0 Å². The summed E-state index contributed by atoms with van der Waals surface area (Å²) in [6, 6.07) is 18.9. The molecule has 0 spiro atoms. The molecule has 3 aromatic rings. The number of hydrogen-bond donors (Lipinski definition) is 0. The fraction of sp³-hybridized carbons (Fsp3) is 0.292. The van der Waals surface area contributed by atoms with Crippen LogP contribution >= 0.6 is 0 Å². The first kappa shape index (κ1) is 21.7. The van der Waals surface area contributed by atoms with Crippen LogP contribution in [0.25, 0.3) is 0 Å². The van der Waals surface area contributed by atoms with Crippen LogP contribution in [0.2, 0.25) is 0 Å². The maximum absolute atomic E-state index is 13.7. The highest BCUT2D eigenvalue weighted by Crippen LogP contribution is 2.39. The molecule has 0 N–H and O–H groups in total. The van der Waals surface area contributed by atoms with Gasteiger partial charge in [0.2, 0.25) is 0 Å². The topological polar surface area (TPSA) is 31.4 Å². The molecular weight excluding hydrogens is 391 g/mol. The lowest BCUT2D eigenvalue weighted by Crippen LogP contribution is -2.21. The maximum Gasteiger partial charge on any atom is 0.395 e. The fourth-order valence-corrected chi connectivity index (χ4v) is 3.28. The minimum atomic E-state index is -4.32. The zero-order valence-electron chi connectivity index (χ0n) is 16.7. The van der Waals surface area contributed by atoms with E-state index in [4.69, 9.17) is 9.47 Å². The second-order valence-corrected chi connectivity index (χ2v) is 6.85. The monoisotopic (exact) mass is 415 g/mol. The fourth-order valence-electron chi connectivity index (χ4n) is 3.28. The van der Waals surface area contributed by atoms with Gasteiger partial charge in [0.05, 0.1) is 18.2 Å². The predicted molar refractivity (Wildman–Crippen MR) is 110 cm³/mol. The predicted octanol–water partition coefficient (Wildman–Crippen LogP) is 6.94. The number of ether oxygens (including phenoxy) is 2. The van der Waals surface area contributed by atoms with Crippen molar-refractivity contribution in [2.45, 2.75) is 38.3 Å². The molecule has 0 bridgehead atoms. The molecule has 0 aliphatic carbocycles. The minimum absolute atomic E-state index is 0.0289. The van der Waals surface area contributed by atoms with Crippen LogP contribution in [0.1, 0.15) is 36.9 Å². The van der Waals surface area contributed by atoms with Gasteiger partial charge in [-0.15, -0.1) is 0 Å². The molecule has 2 aromatic carbocycles. The summed E-state index contributed by atoms with van der Waals surface area (Å²) in [6.07, 6.45) is -1.99. The van der Waals surface area contributed by atoms with Gasteiger partial charge in [-0.2, -0.15) is 13.2 Å². The lowest BCUT2D eigenvalue weighted by molar-refractivity contribution is -0.152. The van der Waals surface area contributed by atoms with Gasteiger partial charge in [-0.3, -0.25) is 4.98 Å². The van der Waals surface area contributed by atoms with E-state index < -0.39 is 12.1 Å². The first-order valence-corrected chi connectivity index (χ1v) is 9.93. The van der Waals surface area contributed by atoms with Crippen LogP contribution in [-0.4, -0.2) is 17.8 Å². The van der Waals surface area contributed by atoms with Crippen molar-refractivity contribution in [3.63, 3.8) is 0 Å². The molecule has 0 fully saturated rings. The Kier molecular flexibility index (Phi) is 7.33. The van der Waals surface area contributed by atoms with Crippen molar-refractivity contribution < 1.29 is 22.6 Å². The number of nitrogens with zero attached hydrogens (tertiary/aromatic N) is 1. The van der Waals surface area contributed by atoms with Gasteiger partial charge in [-0.05, 0) is 68.1 Å². The Labute approximate surface area is 174 Å². The van der Waals surface area contributed by atoms with E-state index in [1.165, 1.54) is 12.1 Å². The highest BCUT2D eigenvalue weighted by atomic mass is 19.4. The summed E-state index contributed by atoms with van der Waals surface area (Å²) in [5.74, 6) is 0.261. The second-order valence-electron chi connectivity index (χ2n) is 6.85. The third-order valence-corrected chi connectivity index (χ3v) is 4.71. The standard InChI is InChI=1S/C24H24F3NO2/c1-2-29-19-15-13-18(14-16-19)21(24(25,26)27)10-6-11-22-23(12-7-17-28-22)30-20-8-4-3-5-9-20/h3-5,7-9,12-17,21H,2,6,10-11H2,1H3. The molecule has 30 heavy (non-hydrogen) atoms. The molecule has 0 saturated carbocycles. The Morgan fingerprint density at radius 3 is 2.30 bits per heavy atom. The molecule has 1 atom stereocenters. The van der Waals surface area contributed by atoms with Crippen LogP contribution in [0.4, 0.5) is 13.2 Å². The third kappa shape index (κ3) is 5.99. The average molecular weight is 415 g/mol. The zero-order valence-corrected chi connectivity index (χ0v) is 16.7. The third-order valence-electron chi connectivity index (χ3n) is 4.71. The number of aromatic nitrogens is 1. The SMILES string of the molecule is CCOc1ccc(C(CCCc2ncccc2Oc2ccccc2)C(F)(F)F)cc1. The van der Waals surface area contributed by atoms with Crippen molar-refractivity contribution in [3.8, 4) is 17.2 Å². The summed E-state index contributed by atoms with van der Waals surface area (Å²) >= 11 is 0. The number of pyridine rings is 1. The van der Waals surface area contributed by atoms with E-state index >= 15 is 0 Å². The molecule has 6 heteroatoms. The van der Waals surface area contributed by atoms with Crippen molar-refractivity contribution in [2.75, 3.05) is 6.61 Å². The lowest BCUT2D eigenvalue weighted by Gasteiger charge is -2.21. The van der Waals surface area contributed by atoms with Crippen LogP contribution in [0.3, 0.4) is 0 Å². The summed E-state index contributed by atoms with van der Waals surface area (Å²) in [5.41, 5.74) is 0.890. The summed E-state index contributed by atoms with van der Waals surface area (Å²) in [6.45, 7) is 2.30. The molecule has 0 saturated heterocycles. The molecule has 1 heterocycles. The largest absolute Gasteiger partial charge is 0.494 e. The highest BCUT2D eigenvalue weighted by Gasteiger charge is 2.40. The summed E-state index contributed by atoms with van der Waals surface area (Å²) in [5, 5.41) is 0. The Morgan fingerprint density at radius 2 is 1.63 bits per heavy atom. The van der Waals surface area contributed by atoms with E-state index in [1.54, 1.807) is 30.5 Å². The lowest BCUT2D eigenvalue weighted by atomic mass is 9.92. The Bertz CT molecular complexity index is 912. The second kappa shape index (κ2) is 10.1. The number of halogens is 3. The maximum atomic E-state index is 13.7. The molecule has 0 aliphatic rings. The van der Waals surface area contributed by atoms with Gasteiger partial charge in [0, 0.05) is 6.20 Å². The molecular formula is C24H24F3NO2. The van der Waals surface area contributed by atoms with Gasteiger partial charge in [-0.25, -0.2) is 0 Å². The normalized spacial score (nSPS) is 12.4. The van der Waals surface area contributed by atoms with E-state index in [1.807, 2.05) is 37.3 Å². The molecule has 158 valence electrons. The van der Waals surface area contributed by atoms with Gasteiger partial charge >= 0.3 is 6.18 Å². The molecule has 0 radical (unpaired) electrons. The summed E-state index contributed by atoms with van der Waals surface area (Å²) in [7, 11) is 0.